The van der Waals surface area contributed by atoms with E-state index in [1.807, 2.05) is 43.3 Å². The Morgan fingerprint density at radius 1 is 1.32 bits per heavy atom. The van der Waals surface area contributed by atoms with Crippen LogP contribution < -0.4 is 10.1 Å². The van der Waals surface area contributed by atoms with Crippen molar-refractivity contribution in [3.8, 4) is 5.75 Å². The van der Waals surface area contributed by atoms with Gasteiger partial charge in [0.05, 0.1) is 7.11 Å². The van der Waals surface area contributed by atoms with Crippen molar-refractivity contribution in [2.75, 3.05) is 12.4 Å². The molecule has 0 spiro atoms. The first kappa shape index (κ1) is 18.7. The molecule has 1 amide bonds. The van der Waals surface area contributed by atoms with Gasteiger partial charge in [0.1, 0.15) is 10.6 Å². The van der Waals surface area contributed by atoms with Crippen LogP contribution in [0.5, 0.6) is 5.75 Å². The monoisotopic (exact) mass is 431 g/mol. The number of aromatic amines is 1. The molecule has 0 unspecified atom stereocenters. The molecule has 4 rings (SSSR count). The highest BCUT2D eigenvalue weighted by atomic mass is 35.5. The molecule has 0 saturated heterocycles. The molecule has 0 saturated carbocycles. The molecule has 0 fully saturated rings. The Morgan fingerprint density at radius 3 is 2.89 bits per heavy atom. The lowest BCUT2D eigenvalue weighted by Crippen LogP contribution is -2.12. The Bertz CT molecular complexity index is 1160. The van der Waals surface area contributed by atoms with Crippen molar-refractivity contribution in [1.82, 2.24) is 20.6 Å². The third-order valence-electron chi connectivity index (χ3n) is 3.96. The molecule has 0 aliphatic heterocycles. The number of benzene rings is 2. The number of anilines is 1. The Kier molecular flexibility index (Phi) is 5.21. The van der Waals surface area contributed by atoms with Gasteiger partial charge >= 0.3 is 0 Å². The van der Waals surface area contributed by atoms with Crippen molar-refractivity contribution in [1.29, 1.82) is 0 Å². The number of thiophene rings is 1. The molecule has 0 aliphatic carbocycles. The van der Waals surface area contributed by atoms with Crippen molar-refractivity contribution < 1.29 is 9.53 Å². The zero-order valence-electron chi connectivity index (χ0n) is 14.8. The predicted molar refractivity (Wildman–Crippen MR) is 111 cm³/mol. The molecule has 2 N–H and O–H groups in total. The molecular weight excluding hydrogens is 418 g/mol. The fourth-order valence-corrected chi connectivity index (χ4v) is 5.37. The molecule has 0 bridgehead atoms. The Labute approximate surface area is 173 Å². The fraction of sp³-hybridized carbons (Fsp3) is 0.111. The van der Waals surface area contributed by atoms with Crippen LogP contribution in [-0.2, 0) is 0 Å². The van der Waals surface area contributed by atoms with Crippen molar-refractivity contribution >= 4 is 56.6 Å². The van der Waals surface area contributed by atoms with Gasteiger partial charge in [-0.3, -0.25) is 10.1 Å². The molecule has 142 valence electrons. The third kappa shape index (κ3) is 3.68. The molecule has 0 atom stereocenters. The van der Waals surface area contributed by atoms with Crippen LogP contribution in [0.25, 0.3) is 10.1 Å². The minimum atomic E-state index is -0.291. The van der Waals surface area contributed by atoms with E-state index in [0.717, 1.165) is 31.2 Å². The lowest BCUT2D eigenvalue weighted by molar-refractivity contribution is 0.102. The maximum absolute atomic E-state index is 12.9. The van der Waals surface area contributed by atoms with Crippen LogP contribution in [0.2, 0.25) is 5.02 Å². The number of aryl methyl sites for hydroxylation is 1. The minimum Gasteiger partial charge on any atom is -0.496 e. The molecule has 4 aromatic rings. The van der Waals surface area contributed by atoms with Crippen molar-refractivity contribution in [2.24, 2.45) is 0 Å². The molecule has 28 heavy (non-hydrogen) atoms. The van der Waals surface area contributed by atoms with Gasteiger partial charge in [0.15, 0.2) is 0 Å². The van der Waals surface area contributed by atoms with Gasteiger partial charge in [-0.1, -0.05) is 34.5 Å². The van der Waals surface area contributed by atoms with Gasteiger partial charge in [-0.25, -0.2) is 5.10 Å². The van der Waals surface area contributed by atoms with Gasteiger partial charge in [-0.05, 0) is 53.2 Å². The van der Waals surface area contributed by atoms with Crippen LogP contribution >= 0.6 is 34.7 Å². The molecule has 2 aromatic heterocycles. The number of tetrazole rings is 1. The molecule has 2 aromatic carbocycles. The van der Waals surface area contributed by atoms with Crippen molar-refractivity contribution in [3.05, 3.63) is 51.9 Å². The van der Waals surface area contributed by atoms with E-state index in [1.165, 1.54) is 23.1 Å². The number of rotatable bonds is 5. The molecular formula is C18H14ClN5O2S2. The number of hydrogen-bond donors (Lipinski definition) is 2. The maximum atomic E-state index is 12.9. The predicted octanol–water partition coefficient (Wildman–Crippen LogP) is 4.79. The van der Waals surface area contributed by atoms with E-state index in [9.17, 15) is 4.79 Å². The summed E-state index contributed by atoms with van der Waals surface area (Å²) >= 11 is 9.02. The number of H-pyrrole nitrogens is 1. The number of amides is 1. The van der Waals surface area contributed by atoms with E-state index in [-0.39, 0.29) is 11.9 Å². The number of hydrogen-bond acceptors (Lipinski definition) is 7. The standard InChI is InChI=1S/C18H14ClN5O2S2/c1-9-6-14-12(8-13(9)26-2)15(27-11-5-3-4-10(19)7-11)16(28-14)17(25)20-18-21-23-24-22-18/h3-8H,1-2H3,(H2,20,21,22,23,24,25). The topological polar surface area (TPSA) is 92.8 Å². The van der Waals surface area contributed by atoms with Crippen molar-refractivity contribution in [2.45, 2.75) is 16.7 Å². The summed E-state index contributed by atoms with van der Waals surface area (Å²) in [5.74, 6) is 0.667. The number of aromatic nitrogens is 4. The summed E-state index contributed by atoms with van der Waals surface area (Å²) in [5, 5.41) is 17.5. The molecule has 10 heteroatoms. The zero-order valence-corrected chi connectivity index (χ0v) is 17.2. The van der Waals surface area contributed by atoms with E-state index in [2.05, 4.69) is 25.9 Å². The maximum Gasteiger partial charge on any atom is 0.269 e. The number of methoxy groups -OCH3 is 1. The van der Waals surface area contributed by atoms with E-state index in [4.69, 9.17) is 16.3 Å². The van der Waals surface area contributed by atoms with Gasteiger partial charge in [0.2, 0.25) is 5.95 Å². The zero-order chi connectivity index (χ0) is 19.7. The smallest absolute Gasteiger partial charge is 0.269 e. The highest BCUT2D eigenvalue weighted by Gasteiger charge is 2.22. The molecule has 2 heterocycles. The number of nitrogens with one attached hydrogen (secondary N) is 2. The van der Waals surface area contributed by atoms with Gasteiger partial charge < -0.3 is 4.74 Å². The van der Waals surface area contributed by atoms with Crippen LogP contribution in [0.3, 0.4) is 0 Å². The van der Waals surface area contributed by atoms with Crippen LogP contribution in [0, 0.1) is 6.92 Å². The third-order valence-corrected chi connectivity index (χ3v) is 6.59. The second kappa shape index (κ2) is 7.78. The first-order valence-electron chi connectivity index (χ1n) is 8.15. The summed E-state index contributed by atoms with van der Waals surface area (Å²) in [7, 11) is 1.63. The average molecular weight is 432 g/mol. The minimum absolute atomic E-state index is 0.190. The van der Waals surface area contributed by atoms with E-state index in [1.54, 1.807) is 7.11 Å². The quantitative estimate of drug-likeness (QED) is 0.472. The van der Waals surface area contributed by atoms with E-state index < -0.39 is 0 Å². The first-order chi connectivity index (χ1) is 13.5. The summed E-state index contributed by atoms with van der Waals surface area (Å²) in [4.78, 5) is 15.2. The lowest BCUT2D eigenvalue weighted by Gasteiger charge is -2.07. The SMILES string of the molecule is COc1cc2c(Sc3cccc(Cl)c3)c(C(=O)Nc3nnn[nH]3)sc2cc1C. The fourth-order valence-electron chi connectivity index (χ4n) is 2.70. The van der Waals surface area contributed by atoms with E-state index in [0.29, 0.717) is 9.90 Å². The normalized spacial score (nSPS) is 11.0. The van der Waals surface area contributed by atoms with Gasteiger partial charge in [0, 0.05) is 24.9 Å². The number of ether oxygens (including phenoxy) is 1. The first-order valence-corrected chi connectivity index (χ1v) is 10.2. The lowest BCUT2D eigenvalue weighted by atomic mass is 10.1. The average Bonchev–Trinajstić information content (AvgIpc) is 3.29. The number of carbonyl (C=O) groups is 1. The Morgan fingerprint density at radius 2 is 2.18 bits per heavy atom. The molecule has 0 aliphatic rings. The second-order valence-electron chi connectivity index (χ2n) is 5.84. The van der Waals surface area contributed by atoms with Crippen LogP contribution in [0.1, 0.15) is 15.2 Å². The van der Waals surface area contributed by atoms with Gasteiger partial charge in [-0.2, -0.15) is 0 Å². The number of nitrogens with zero attached hydrogens (tertiary/aromatic N) is 3. The summed E-state index contributed by atoms with van der Waals surface area (Å²) in [5.41, 5.74) is 1.00. The summed E-state index contributed by atoms with van der Waals surface area (Å²) in [6, 6.07) is 11.5. The number of carbonyl (C=O) groups excluding carboxylic acids is 1. The Hall–Kier alpha value is -2.62. The van der Waals surface area contributed by atoms with Gasteiger partial charge in [0.25, 0.3) is 5.91 Å². The van der Waals surface area contributed by atoms with E-state index >= 15 is 0 Å². The molecule has 0 radical (unpaired) electrons. The second-order valence-corrected chi connectivity index (χ2v) is 8.41. The number of fused-ring (bicyclic) bond motifs is 1. The summed E-state index contributed by atoms with van der Waals surface area (Å²) < 4.78 is 6.46. The largest absolute Gasteiger partial charge is 0.496 e. The summed E-state index contributed by atoms with van der Waals surface area (Å²) in [6.07, 6.45) is 0. The Balaban J connectivity index is 1.83. The van der Waals surface area contributed by atoms with Crippen molar-refractivity contribution in [3.63, 3.8) is 0 Å². The highest BCUT2D eigenvalue weighted by molar-refractivity contribution is 7.99. The molecule has 7 nitrogen and oxygen atoms in total. The van der Waals surface area contributed by atoms with Gasteiger partial charge in [-0.15, -0.1) is 11.3 Å². The van der Waals surface area contributed by atoms with Crippen LogP contribution in [-0.4, -0.2) is 33.6 Å². The van der Waals surface area contributed by atoms with Crippen LogP contribution in [0.15, 0.2) is 46.2 Å². The highest BCUT2D eigenvalue weighted by Crippen LogP contribution is 2.44. The van der Waals surface area contributed by atoms with Crippen LogP contribution in [0.4, 0.5) is 5.95 Å². The number of halogens is 1. The summed E-state index contributed by atoms with van der Waals surface area (Å²) in [6.45, 7) is 1.97.